The molecular weight excluding hydrogens is 221 g/mol. The summed E-state index contributed by atoms with van der Waals surface area (Å²) in [7, 11) is 0. The summed E-state index contributed by atoms with van der Waals surface area (Å²) in [6.07, 6.45) is 1.86. The van der Waals surface area contributed by atoms with Gasteiger partial charge in [-0.05, 0) is 24.5 Å². The Kier molecular flexibility index (Phi) is 3.38. The summed E-state index contributed by atoms with van der Waals surface area (Å²) in [5, 5.41) is 0. The van der Waals surface area contributed by atoms with Crippen LogP contribution in [0.2, 0.25) is 0 Å². The molecule has 2 atom stereocenters. The van der Waals surface area contributed by atoms with Crippen LogP contribution in [0.5, 0.6) is 0 Å². The minimum atomic E-state index is -0.435. The second kappa shape index (κ2) is 4.79. The molecule has 92 valence electrons. The van der Waals surface area contributed by atoms with Gasteiger partial charge in [-0.2, -0.15) is 0 Å². The summed E-state index contributed by atoms with van der Waals surface area (Å²) in [5.74, 6) is -0.299. The predicted molar refractivity (Wildman–Crippen MR) is 61.9 cm³/mol. The summed E-state index contributed by atoms with van der Waals surface area (Å²) in [6, 6.07) is 2.82. The van der Waals surface area contributed by atoms with E-state index in [9.17, 15) is 9.18 Å². The molecule has 0 spiro atoms. The maximum atomic E-state index is 12.7. The highest BCUT2D eigenvalue weighted by atomic mass is 19.1. The van der Waals surface area contributed by atoms with Gasteiger partial charge in [0.2, 0.25) is 0 Å². The average molecular weight is 237 g/mol. The largest absolute Gasteiger partial charge is 0.337 e. The fraction of sp³-hybridized carbons (Fsp3) is 0.500. The van der Waals surface area contributed by atoms with E-state index >= 15 is 0 Å². The van der Waals surface area contributed by atoms with Gasteiger partial charge >= 0.3 is 0 Å². The van der Waals surface area contributed by atoms with E-state index < -0.39 is 5.82 Å². The van der Waals surface area contributed by atoms with Crippen molar-refractivity contribution in [3.05, 3.63) is 29.8 Å². The van der Waals surface area contributed by atoms with Crippen LogP contribution in [0.15, 0.2) is 18.3 Å². The molecule has 0 aromatic carbocycles. The van der Waals surface area contributed by atoms with Crippen molar-refractivity contribution in [2.24, 2.45) is 11.7 Å². The van der Waals surface area contributed by atoms with Crippen LogP contribution in [0.4, 0.5) is 4.39 Å². The first-order valence-electron chi connectivity index (χ1n) is 5.74. The first-order valence-corrected chi connectivity index (χ1v) is 5.74. The molecule has 1 aliphatic heterocycles. The minimum absolute atomic E-state index is 0.149. The van der Waals surface area contributed by atoms with E-state index in [0.717, 1.165) is 12.6 Å². The molecule has 0 bridgehead atoms. The molecule has 0 saturated carbocycles. The summed E-state index contributed by atoms with van der Waals surface area (Å²) >= 11 is 0. The van der Waals surface area contributed by atoms with Crippen LogP contribution in [0.3, 0.4) is 0 Å². The van der Waals surface area contributed by atoms with E-state index in [0.29, 0.717) is 13.1 Å². The van der Waals surface area contributed by atoms with Gasteiger partial charge in [0.25, 0.3) is 5.91 Å². The zero-order valence-electron chi connectivity index (χ0n) is 9.77. The van der Waals surface area contributed by atoms with Gasteiger partial charge < -0.3 is 10.6 Å². The van der Waals surface area contributed by atoms with Gasteiger partial charge in [0.1, 0.15) is 11.5 Å². The van der Waals surface area contributed by atoms with Crippen molar-refractivity contribution in [1.29, 1.82) is 0 Å². The van der Waals surface area contributed by atoms with Crippen molar-refractivity contribution in [1.82, 2.24) is 9.88 Å². The molecule has 2 heterocycles. The van der Waals surface area contributed by atoms with E-state index in [1.807, 2.05) is 6.92 Å². The lowest BCUT2D eigenvalue weighted by atomic mass is 9.94. The summed E-state index contributed by atoms with van der Waals surface area (Å²) in [6.45, 7) is 3.31. The number of hydrogen-bond acceptors (Lipinski definition) is 3. The zero-order chi connectivity index (χ0) is 12.4. The van der Waals surface area contributed by atoms with E-state index in [-0.39, 0.29) is 23.6 Å². The van der Waals surface area contributed by atoms with E-state index in [1.165, 1.54) is 12.1 Å². The van der Waals surface area contributed by atoms with Gasteiger partial charge in [-0.3, -0.25) is 4.79 Å². The maximum absolute atomic E-state index is 12.7. The van der Waals surface area contributed by atoms with Crippen molar-refractivity contribution in [3.8, 4) is 0 Å². The van der Waals surface area contributed by atoms with Crippen LogP contribution in [0.25, 0.3) is 0 Å². The second-order valence-electron chi connectivity index (χ2n) is 4.54. The summed E-state index contributed by atoms with van der Waals surface area (Å²) in [4.78, 5) is 17.6. The molecule has 1 amide bonds. The highest BCUT2D eigenvalue weighted by Crippen LogP contribution is 2.16. The first-order chi connectivity index (χ1) is 8.08. The predicted octanol–water partition coefficient (Wildman–Crippen LogP) is 1.03. The second-order valence-corrected chi connectivity index (χ2v) is 4.54. The summed E-state index contributed by atoms with van der Waals surface area (Å²) < 4.78 is 12.7. The lowest BCUT2D eigenvalue weighted by molar-refractivity contribution is 0.0658. The van der Waals surface area contributed by atoms with Crippen LogP contribution in [-0.2, 0) is 0 Å². The van der Waals surface area contributed by atoms with Gasteiger partial charge in [-0.1, -0.05) is 6.92 Å². The number of piperidine rings is 1. The molecule has 1 saturated heterocycles. The number of amides is 1. The Labute approximate surface area is 99.6 Å². The third kappa shape index (κ3) is 2.61. The number of pyridine rings is 1. The molecule has 2 N–H and O–H groups in total. The van der Waals surface area contributed by atoms with Crippen molar-refractivity contribution in [2.45, 2.75) is 19.4 Å². The van der Waals surface area contributed by atoms with Crippen molar-refractivity contribution < 1.29 is 9.18 Å². The number of carbonyl (C=O) groups excluding carboxylic acids is 1. The minimum Gasteiger partial charge on any atom is -0.337 e. The van der Waals surface area contributed by atoms with E-state index in [1.54, 1.807) is 4.90 Å². The normalized spacial score (nSPS) is 24.8. The average Bonchev–Trinajstić information content (AvgIpc) is 2.33. The van der Waals surface area contributed by atoms with Crippen LogP contribution in [0, 0.1) is 11.7 Å². The number of nitrogens with zero attached hydrogens (tertiary/aromatic N) is 2. The van der Waals surface area contributed by atoms with Crippen molar-refractivity contribution in [3.63, 3.8) is 0 Å². The first kappa shape index (κ1) is 12.0. The fourth-order valence-electron chi connectivity index (χ4n) is 2.01. The van der Waals surface area contributed by atoms with Crippen LogP contribution >= 0.6 is 0 Å². The van der Waals surface area contributed by atoms with Gasteiger partial charge in [0.15, 0.2) is 0 Å². The van der Waals surface area contributed by atoms with Crippen LogP contribution in [0.1, 0.15) is 23.8 Å². The van der Waals surface area contributed by atoms with Crippen LogP contribution in [-0.4, -0.2) is 34.9 Å². The molecule has 17 heavy (non-hydrogen) atoms. The van der Waals surface area contributed by atoms with Gasteiger partial charge in [-0.25, -0.2) is 9.37 Å². The number of nitrogens with two attached hydrogens (primary N) is 1. The Hall–Kier alpha value is -1.49. The van der Waals surface area contributed by atoms with E-state index in [2.05, 4.69) is 4.98 Å². The highest BCUT2D eigenvalue weighted by molar-refractivity contribution is 5.92. The maximum Gasteiger partial charge on any atom is 0.272 e. The van der Waals surface area contributed by atoms with Crippen molar-refractivity contribution >= 4 is 5.91 Å². The number of hydrogen-bond donors (Lipinski definition) is 1. The molecular formula is C12H16FN3O. The molecule has 1 aromatic rings. The Morgan fingerprint density at radius 1 is 1.59 bits per heavy atom. The Morgan fingerprint density at radius 3 is 2.94 bits per heavy atom. The Bertz CT molecular complexity index is 407. The summed E-state index contributed by atoms with van der Waals surface area (Å²) in [5.41, 5.74) is 6.18. The van der Waals surface area contributed by atoms with E-state index in [4.69, 9.17) is 5.73 Å². The third-order valence-corrected chi connectivity index (χ3v) is 3.21. The van der Waals surface area contributed by atoms with Gasteiger partial charge in [0, 0.05) is 19.1 Å². The number of likely N-dealkylation sites (tertiary alicyclic amines) is 1. The lowest BCUT2D eigenvalue weighted by Crippen LogP contribution is -2.48. The number of rotatable bonds is 1. The fourth-order valence-corrected chi connectivity index (χ4v) is 2.01. The molecule has 1 aliphatic rings. The molecule has 0 radical (unpaired) electrons. The topological polar surface area (TPSA) is 59.2 Å². The molecule has 2 rings (SSSR count). The molecule has 2 unspecified atom stereocenters. The van der Waals surface area contributed by atoms with Gasteiger partial charge in [0.05, 0.1) is 6.20 Å². The molecule has 1 fully saturated rings. The lowest BCUT2D eigenvalue weighted by Gasteiger charge is -2.34. The highest BCUT2D eigenvalue weighted by Gasteiger charge is 2.27. The zero-order valence-corrected chi connectivity index (χ0v) is 9.77. The SMILES string of the molecule is CC1CN(C(=O)c2ccc(F)cn2)CCC1N. The Morgan fingerprint density at radius 2 is 2.35 bits per heavy atom. The number of aromatic nitrogens is 1. The molecule has 4 nitrogen and oxygen atoms in total. The quantitative estimate of drug-likeness (QED) is 0.793. The smallest absolute Gasteiger partial charge is 0.272 e. The monoisotopic (exact) mass is 237 g/mol. The van der Waals surface area contributed by atoms with Crippen LogP contribution < -0.4 is 5.73 Å². The molecule has 0 aliphatic carbocycles. The third-order valence-electron chi connectivity index (χ3n) is 3.21. The number of carbonyl (C=O) groups is 1. The Balaban J connectivity index is 2.08. The van der Waals surface area contributed by atoms with Gasteiger partial charge in [-0.15, -0.1) is 0 Å². The number of halogens is 1. The standard InChI is InChI=1S/C12H16FN3O/c1-8-7-16(5-4-10(8)14)12(17)11-3-2-9(13)6-15-11/h2-3,6,8,10H,4-5,7,14H2,1H3. The molecule has 1 aromatic heterocycles. The molecule has 5 heteroatoms. The van der Waals surface area contributed by atoms with Crippen molar-refractivity contribution in [2.75, 3.05) is 13.1 Å².